The molecule has 10 nitrogen and oxygen atoms in total. The molecule has 5 rings (SSSR count). The molecule has 3 aromatic rings. The van der Waals surface area contributed by atoms with E-state index in [0.717, 1.165) is 36.9 Å². The van der Waals surface area contributed by atoms with Crippen molar-refractivity contribution in [2.24, 2.45) is 0 Å². The van der Waals surface area contributed by atoms with Gasteiger partial charge in [-0.2, -0.15) is 8.42 Å². The van der Waals surface area contributed by atoms with E-state index >= 15 is 0 Å². The Bertz CT molecular complexity index is 1480. The van der Waals surface area contributed by atoms with Gasteiger partial charge in [0.1, 0.15) is 16.2 Å². The average molecular weight is 567 g/mol. The van der Waals surface area contributed by atoms with Crippen molar-refractivity contribution < 1.29 is 26.9 Å². The number of carbonyl (C=O) groups is 2. The highest BCUT2D eigenvalue weighted by atomic mass is 32.2. The maximum absolute atomic E-state index is 12.9. The summed E-state index contributed by atoms with van der Waals surface area (Å²) in [6, 6.07) is 12.9. The van der Waals surface area contributed by atoms with Crippen molar-refractivity contribution in [3.63, 3.8) is 0 Å². The molecule has 40 heavy (non-hydrogen) atoms. The summed E-state index contributed by atoms with van der Waals surface area (Å²) in [6.07, 6.45) is 6.67. The second kappa shape index (κ2) is 11.0. The van der Waals surface area contributed by atoms with Crippen LogP contribution in [-0.2, 0) is 14.9 Å². The van der Waals surface area contributed by atoms with Crippen molar-refractivity contribution in [1.82, 2.24) is 19.8 Å². The molecule has 1 saturated carbocycles. The van der Waals surface area contributed by atoms with E-state index in [1.165, 1.54) is 18.2 Å². The first-order valence-corrected chi connectivity index (χ1v) is 14.8. The van der Waals surface area contributed by atoms with Crippen LogP contribution >= 0.6 is 0 Å². The third-order valence-electron chi connectivity index (χ3n) is 6.83. The van der Waals surface area contributed by atoms with Crippen LogP contribution in [0, 0.1) is 0 Å². The van der Waals surface area contributed by atoms with Crippen LogP contribution in [0.25, 0.3) is 11.3 Å². The second-order valence-electron chi connectivity index (χ2n) is 11.2. The third kappa shape index (κ3) is 6.64. The highest BCUT2D eigenvalue weighted by molar-refractivity contribution is 7.87. The number of ether oxygens (including phenoxy) is 1. The van der Waals surface area contributed by atoms with Crippen molar-refractivity contribution in [2.45, 2.75) is 69.0 Å². The Morgan fingerprint density at radius 1 is 1.00 bits per heavy atom. The van der Waals surface area contributed by atoms with E-state index in [-0.39, 0.29) is 40.3 Å². The number of amides is 2. The Labute approximate surface area is 234 Å². The number of likely N-dealkylation sites (tertiary alicyclic amines) is 1. The van der Waals surface area contributed by atoms with E-state index in [9.17, 15) is 18.0 Å². The molecule has 2 amide bonds. The van der Waals surface area contributed by atoms with Crippen LogP contribution in [0.4, 0.5) is 4.79 Å². The predicted octanol–water partition coefficient (Wildman–Crippen LogP) is 4.78. The molecule has 0 atom stereocenters. The van der Waals surface area contributed by atoms with Gasteiger partial charge in [0, 0.05) is 36.3 Å². The number of nitrogens with zero attached hydrogens (tertiary/aromatic N) is 3. The average Bonchev–Trinajstić information content (AvgIpc) is 3.59. The van der Waals surface area contributed by atoms with E-state index in [4.69, 9.17) is 8.92 Å². The van der Waals surface area contributed by atoms with Gasteiger partial charge < -0.3 is 23.7 Å². The Kier molecular flexibility index (Phi) is 7.59. The molecule has 11 heteroatoms. The first-order chi connectivity index (χ1) is 19.0. The lowest BCUT2D eigenvalue weighted by atomic mass is 10.0. The molecule has 0 unspecified atom stereocenters. The number of hydrogen-bond donors (Lipinski definition) is 1. The summed E-state index contributed by atoms with van der Waals surface area (Å²) in [6.45, 7) is 6.75. The fourth-order valence-corrected chi connectivity index (χ4v) is 5.59. The largest absolute Gasteiger partial charge is 0.444 e. The Morgan fingerprint density at radius 3 is 2.35 bits per heavy atom. The summed E-state index contributed by atoms with van der Waals surface area (Å²) >= 11 is 0. The second-order valence-corrected chi connectivity index (χ2v) is 12.8. The third-order valence-corrected chi connectivity index (χ3v) is 8.07. The number of carbonyl (C=O) groups excluding carboxylic acids is 2. The molecule has 1 saturated heterocycles. The van der Waals surface area contributed by atoms with Gasteiger partial charge in [-0.25, -0.2) is 9.78 Å². The molecule has 2 heterocycles. The van der Waals surface area contributed by atoms with Gasteiger partial charge in [-0.05, 0) is 88.9 Å². The summed E-state index contributed by atoms with van der Waals surface area (Å²) < 4.78 is 38.8. The van der Waals surface area contributed by atoms with E-state index in [2.05, 4.69) is 14.9 Å². The topological polar surface area (TPSA) is 120 Å². The molecule has 1 aromatic heterocycles. The van der Waals surface area contributed by atoms with Crippen molar-refractivity contribution in [2.75, 3.05) is 13.1 Å². The normalized spacial score (nSPS) is 16.4. The summed E-state index contributed by atoms with van der Waals surface area (Å²) in [5.74, 6) is -0.135. The molecule has 2 aromatic carbocycles. The summed E-state index contributed by atoms with van der Waals surface area (Å²) in [5.41, 5.74) is 1.49. The lowest BCUT2D eigenvalue weighted by Gasteiger charge is -2.34. The van der Waals surface area contributed by atoms with Crippen LogP contribution in [0.3, 0.4) is 0 Å². The zero-order valence-electron chi connectivity index (χ0n) is 22.9. The van der Waals surface area contributed by atoms with E-state index in [1.54, 1.807) is 47.8 Å². The first-order valence-electron chi connectivity index (χ1n) is 13.4. The smallest absolute Gasteiger partial charge is 0.410 e. The highest BCUT2D eigenvalue weighted by Gasteiger charge is 2.29. The zero-order chi connectivity index (χ0) is 28.5. The minimum atomic E-state index is -4.14. The van der Waals surface area contributed by atoms with Gasteiger partial charge in [0.25, 0.3) is 5.91 Å². The predicted molar refractivity (Wildman–Crippen MR) is 148 cm³/mol. The fraction of sp³-hybridized carbons (Fsp3) is 0.414. The van der Waals surface area contributed by atoms with Crippen LogP contribution in [-0.4, -0.2) is 59.6 Å². The molecule has 2 fully saturated rings. The molecular formula is C29H34N4O6S. The molecule has 1 aliphatic carbocycles. The van der Waals surface area contributed by atoms with Gasteiger partial charge >= 0.3 is 16.2 Å². The lowest BCUT2D eigenvalue weighted by Crippen LogP contribution is -2.42. The minimum absolute atomic E-state index is 0.0872. The maximum Gasteiger partial charge on any atom is 0.410 e. The summed E-state index contributed by atoms with van der Waals surface area (Å²) in [4.78, 5) is 30.7. The number of aromatic nitrogens is 2. The van der Waals surface area contributed by atoms with Gasteiger partial charge in [0.2, 0.25) is 0 Å². The number of imidazole rings is 1. The zero-order valence-corrected chi connectivity index (χ0v) is 23.7. The van der Waals surface area contributed by atoms with Gasteiger partial charge in [-0.15, -0.1) is 0 Å². The van der Waals surface area contributed by atoms with Crippen LogP contribution in [0.5, 0.6) is 5.75 Å². The van der Waals surface area contributed by atoms with Crippen molar-refractivity contribution in [3.05, 3.63) is 66.6 Å². The highest BCUT2D eigenvalue weighted by Crippen LogP contribution is 2.31. The van der Waals surface area contributed by atoms with Crippen molar-refractivity contribution in [3.8, 4) is 17.0 Å². The Hall–Kier alpha value is -3.86. The standard InChI is InChI=1S/C29H34N4O6S/c1-29(2,3)38-28(35)32-15-13-23(14-16-32)33-19-30-18-26(33)20-7-11-24(12-8-20)39-40(36,37)25-6-4-5-21(17-25)27(34)31-22-9-10-22/h4-8,11-12,17-19,22-23H,9-10,13-16H2,1-3H3,(H,31,34). The quantitative estimate of drug-likeness (QED) is 0.409. The molecule has 1 aliphatic heterocycles. The number of nitrogens with one attached hydrogen (secondary N) is 1. The van der Waals surface area contributed by atoms with E-state index in [0.29, 0.717) is 13.1 Å². The van der Waals surface area contributed by atoms with Crippen LogP contribution in [0.1, 0.15) is 62.9 Å². The number of benzene rings is 2. The summed E-state index contributed by atoms with van der Waals surface area (Å²) in [5, 5.41) is 2.86. The Morgan fingerprint density at radius 2 is 1.70 bits per heavy atom. The minimum Gasteiger partial charge on any atom is -0.444 e. The fourth-order valence-electron chi connectivity index (χ4n) is 4.62. The van der Waals surface area contributed by atoms with Gasteiger partial charge in [0.05, 0.1) is 18.2 Å². The van der Waals surface area contributed by atoms with E-state index in [1.807, 2.05) is 20.8 Å². The van der Waals surface area contributed by atoms with Gasteiger partial charge in [0.15, 0.2) is 0 Å². The number of rotatable bonds is 7. The van der Waals surface area contributed by atoms with Crippen LogP contribution in [0.2, 0.25) is 0 Å². The molecule has 212 valence electrons. The SMILES string of the molecule is CC(C)(C)OC(=O)N1CCC(n2cncc2-c2ccc(OS(=O)(=O)c3cccc(C(=O)NC4CC4)c3)cc2)CC1. The molecule has 0 radical (unpaired) electrons. The molecule has 1 N–H and O–H groups in total. The number of hydrogen-bond acceptors (Lipinski definition) is 7. The van der Waals surface area contributed by atoms with Gasteiger partial charge in [-0.3, -0.25) is 4.79 Å². The molecule has 2 aliphatic rings. The number of piperidine rings is 1. The molecule has 0 spiro atoms. The molecule has 0 bridgehead atoms. The maximum atomic E-state index is 12.9. The molecular weight excluding hydrogens is 532 g/mol. The van der Waals surface area contributed by atoms with Crippen molar-refractivity contribution >= 4 is 22.1 Å². The van der Waals surface area contributed by atoms with Crippen LogP contribution < -0.4 is 9.50 Å². The lowest BCUT2D eigenvalue weighted by molar-refractivity contribution is 0.0189. The van der Waals surface area contributed by atoms with E-state index < -0.39 is 15.7 Å². The Balaban J connectivity index is 1.23. The monoisotopic (exact) mass is 566 g/mol. The van der Waals surface area contributed by atoms with Crippen LogP contribution in [0.15, 0.2) is 66.0 Å². The van der Waals surface area contributed by atoms with Crippen molar-refractivity contribution in [1.29, 1.82) is 0 Å². The first kappa shape index (κ1) is 27.7. The summed E-state index contributed by atoms with van der Waals surface area (Å²) in [7, 11) is -4.14. The van der Waals surface area contributed by atoms with Gasteiger partial charge in [-0.1, -0.05) is 6.07 Å².